The van der Waals surface area contributed by atoms with Crippen molar-refractivity contribution in [3.63, 3.8) is 0 Å². The molecule has 0 heterocycles. The van der Waals surface area contributed by atoms with E-state index in [9.17, 15) is 38.4 Å². The zero-order valence-electron chi connectivity index (χ0n) is 53.2. The molecule has 4 aliphatic rings. The van der Waals surface area contributed by atoms with Gasteiger partial charge in [-0.15, -0.1) is 0 Å². The molecule has 4 aliphatic carbocycles. The summed E-state index contributed by atoms with van der Waals surface area (Å²) >= 11 is 0. The molecule has 0 atom stereocenters. The van der Waals surface area contributed by atoms with Crippen molar-refractivity contribution in [2.45, 2.75) is 372 Å². The van der Waals surface area contributed by atoms with E-state index in [1.54, 1.807) is 0 Å². The van der Waals surface area contributed by atoms with Crippen molar-refractivity contribution in [2.75, 3.05) is 26.4 Å². The largest absolute Gasteiger partial charge is 0.465 e. The maximum Gasteiger partial charge on any atom is 0.344 e. The highest BCUT2D eigenvalue weighted by molar-refractivity contribution is 5.81. The second kappa shape index (κ2) is 47.6. The molecule has 0 radical (unpaired) electrons. The fourth-order valence-corrected chi connectivity index (χ4v) is 9.73. The van der Waals surface area contributed by atoms with Crippen LogP contribution in [0.15, 0.2) is 0 Å². The van der Waals surface area contributed by atoms with Gasteiger partial charge in [-0.3, -0.25) is 28.8 Å². The SMILES string of the molecule is C.C.C.C.C.C.C.C.CCC1(OC(=O)CCOC(=O)C(C)(C)CC)CCCC1.CCC1(OC(=O)CCOC(=O)C(C)(C)CC)CCCCC1.CCC1(OC(=O)COC(=O)C(C)(C)CC)CCCC1.CCC1(OC(=O)COC(=O)C(C)(C)CC)CCCCC1. The highest BCUT2D eigenvalue weighted by atomic mass is 16.6. The molecule has 0 aliphatic heterocycles. The highest BCUT2D eigenvalue weighted by Crippen LogP contribution is 2.39. The van der Waals surface area contributed by atoms with Gasteiger partial charge in [0.2, 0.25) is 0 Å². The average Bonchev–Trinajstić information content (AvgIpc) is 4.13. The van der Waals surface area contributed by atoms with E-state index in [0.717, 1.165) is 141 Å². The molecular formula is C72H144O16. The molecule has 4 fully saturated rings. The van der Waals surface area contributed by atoms with Gasteiger partial charge < -0.3 is 37.9 Å². The van der Waals surface area contributed by atoms with E-state index in [4.69, 9.17) is 37.9 Å². The molecule has 4 rings (SSSR count). The molecule has 0 spiro atoms. The summed E-state index contributed by atoms with van der Waals surface area (Å²) in [5.41, 5.74) is -3.25. The Labute approximate surface area is 542 Å². The van der Waals surface area contributed by atoms with Crippen LogP contribution in [-0.4, -0.2) is 96.6 Å². The number of carbonyl (C=O) groups excluding carboxylic acids is 8. The Kier molecular flexibility index (Phi) is 54.1. The van der Waals surface area contributed by atoms with Crippen molar-refractivity contribution in [1.82, 2.24) is 0 Å². The second-order valence-corrected chi connectivity index (χ2v) is 25.5. The molecule has 0 aromatic rings. The Morgan fingerprint density at radius 3 is 0.659 bits per heavy atom. The summed E-state index contributed by atoms with van der Waals surface area (Å²) in [4.78, 5) is 94.6. The Bertz CT molecular complexity index is 1910. The van der Waals surface area contributed by atoms with Gasteiger partial charge in [-0.25, -0.2) is 9.59 Å². The van der Waals surface area contributed by atoms with E-state index >= 15 is 0 Å². The van der Waals surface area contributed by atoms with Crippen LogP contribution in [-0.2, 0) is 76.3 Å². The van der Waals surface area contributed by atoms with Crippen LogP contribution in [0.4, 0.5) is 0 Å². The Balaban J connectivity index is -0.000000157. The zero-order chi connectivity index (χ0) is 60.9. The van der Waals surface area contributed by atoms with Crippen LogP contribution < -0.4 is 0 Å². The van der Waals surface area contributed by atoms with E-state index in [-0.39, 0.29) is 157 Å². The third kappa shape index (κ3) is 34.8. The van der Waals surface area contributed by atoms with Crippen molar-refractivity contribution < 1.29 is 76.3 Å². The van der Waals surface area contributed by atoms with Gasteiger partial charge in [0.05, 0.1) is 34.5 Å². The van der Waals surface area contributed by atoms with Gasteiger partial charge in [-0.1, -0.05) is 128 Å². The average molecular weight is 1270 g/mol. The molecular weight excluding hydrogens is 1120 g/mol. The molecule has 0 bridgehead atoms. The number of hydrogen-bond donors (Lipinski definition) is 0. The van der Waals surface area contributed by atoms with Gasteiger partial charge in [-0.05, 0) is 209 Å². The van der Waals surface area contributed by atoms with Crippen LogP contribution in [0.25, 0.3) is 0 Å². The lowest BCUT2D eigenvalue weighted by molar-refractivity contribution is -0.176. The summed E-state index contributed by atoms with van der Waals surface area (Å²) in [6.07, 6.45) is 25.3. The third-order valence-corrected chi connectivity index (χ3v) is 17.9. The van der Waals surface area contributed by atoms with Gasteiger partial charge in [0, 0.05) is 0 Å². The molecule has 0 aromatic heterocycles. The summed E-state index contributed by atoms with van der Waals surface area (Å²) in [5.74, 6) is -2.54. The van der Waals surface area contributed by atoms with Gasteiger partial charge >= 0.3 is 47.8 Å². The second-order valence-electron chi connectivity index (χ2n) is 25.5. The third-order valence-electron chi connectivity index (χ3n) is 17.9. The Morgan fingerprint density at radius 1 is 0.284 bits per heavy atom. The summed E-state index contributed by atoms with van der Waals surface area (Å²) < 4.78 is 42.9. The first kappa shape index (κ1) is 100.0. The molecule has 16 nitrogen and oxygen atoms in total. The fraction of sp³-hybridized carbons (Fsp3) is 0.889. The van der Waals surface area contributed by atoms with E-state index in [1.807, 2.05) is 96.9 Å². The minimum atomic E-state index is -0.548. The van der Waals surface area contributed by atoms with Gasteiger partial charge in [0.1, 0.15) is 35.6 Å². The quantitative estimate of drug-likeness (QED) is 0.0582. The monoisotopic (exact) mass is 1270 g/mol. The van der Waals surface area contributed by atoms with Crippen LogP contribution in [0.3, 0.4) is 0 Å². The maximum atomic E-state index is 12.0. The number of esters is 8. The molecule has 4 saturated carbocycles. The first-order valence-corrected chi connectivity index (χ1v) is 31.0. The number of carbonyl (C=O) groups is 8. The van der Waals surface area contributed by atoms with Crippen molar-refractivity contribution in [3.8, 4) is 0 Å². The predicted octanol–water partition coefficient (Wildman–Crippen LogP) is 19.6. The maximum absolute atomic E-state index is 12.0. The van der Waals surface area contributed by atoms with E-state index < -0.39 is 33.6 Å². The molecule has 0 aromatic carbocycles. The van der Waals surface area contributed by atoms with Crippen molar-refractivity contribution in [1.29, 1.82) is 0 Å². The summed E-state index contributed by atoms with van der Waals surface area (Å²) in [7, 11) is 0. The summed E-state index contributed by atoms with van der Waals surface area (Å²) in [6.45, 7) is 30.3. The first-order chi connectivity index (χ1) is 37.4. The van der Waals surface area contributed by atoms with Crippen molar-refractivity contribution >= 4 is 47.8 Å². The molecule has 0 amide bonds. The fourth-order valence-electron chi connectivity index (χ4n) is 9.73. The summed E-state index contributed by atoms with van der Waals surface area (Å²) in [6, 6.07) is 0. The van der Waals surface area contributed by atoms with Crippen LogP contribution in [0.5, 0.6) is 0 Å². The predicted molar refractivity (Wildman–Crippen MR) is 363 cm³/mol. The number of hydrogen-bond acceptors (Lipinski definition) is 16. The van der Waals surface area contributed by atoms with Gasteiger partial charge in [0.15, 0.2) is 13.2 Å². The van der Waals surface area contributed by atoms with Crippen molar-refractivity contribution in [2.24, 2.45) is 21.7 Å². The van der Waals surface area contributed by atoms with E-state index in [0.29, 0.717) is 12.8 Å². The normalized spacial score (nSPS) is 16.5. The van der Waals surface area contributed by atoms with Gasteiger partial charge in [-0.2, -0.15) is 0 Å². The molecule has 528 valence electrons. The lowest BCUT2D eigenvalue weighted by Crippen LogP contribution is -2.38. The van der Waals surface area contributed by atoms with E-state index in [2.05, 4.69) is 13.8 Å². The van der Waals surface area contributed by atoms with Crippen LogP contribution in [0, 0.1) is 21.7 Å². The lowest BCUT2D eigenvalue weighted by atomic mass is 9.83. The molecule has 0 unspecified atom stereocenters. The topological polar surface area (TPSA) is 210 Å². The first-order valence-electron chi connectivity index (χ1n) is 31.0. The molecule has 88 heavy (non-hydrogen) atoms. The number of rotatable bonds is 26. The molecule has 16 heteroatoms. The van der Waals surface area contributed by atoms with E-state index in [1.165, 1.54) is 12.8 Å². The van der Waals surface area contributed by atoms with Crippen molar-refractivity contribution in [3.05, 3.63) is 0 Å². The minimum Gasteiger partial charge on any atom is -0.465 e. The lowest BCUT2D eigenvalue weighted by Gasteiger charge is -2.36. The van der Waals surface area contributed by atoms with Crippen LogP contribution in [0.2, 0.25) is 0 Å². The minimum absolute atomic E-state index is 0. The van der Waals surface area contributed by atoms with Gasteiger partial charge in [0.25, 0.3) is 0 Å². The highest BCUT2D eigenvalue weighted by Gasteiger charge is 2.40. The van der Waals surface area contributed by atoms with Crippen LogP contribution in [0.1, 0.15) is 350 Å². The summed E-state index contributed by atoms with van der Waals surface area (Å²) in [5, 5.41) is 0. The standard InChI is InChI=1S/C17H30O4.2C16H28O4.C15H26O4.8CH4/c1-5-16(3,4)15(19)20-13-10-14(18)21-17(6-2)11-8-7-9-12-17;1-5-15(3,4)14(18)19-12-9-13(17)20-16(6-2)10-7-8-11-16;1-5-15(3,4)14(18)19-12-13(17)20-16(6-2)10-8-7-9-11-16;1-5-14(3,4)13(17)18-11-12(16)19-15(6-2)9-7-8-10-15;;;;;;;;/h5-13H2,1-4H3;2*5-12H2,1-4H3;5-11H2,1-4H3;8*1H4. The zero-order valence-corrected chi connectivity index (χ0v) is 53.2. The smallest absolute Gasteiger partial charge is 0.344 e. The molecule has 0 saturated heterocycles. The van der Waals surface area contributed by atoms with Crippen LogP contribution >= 0.6 is 0 Å². The molecule has 0 N–H and O–H groups in total. The number of ether oxygens (including phenoxy) is 8. The Hall–Kier alpha value is -4.24. The Morgan fingerprint density at radius 2 is 0.466 bits per heavy atom.